The number of hydrogen-bond acceptors (Lipinski definition) is 4. The van der Waals surface area contributed by atoms with Crippen LogP contribution < -0.4 is 0 Å². The van der Waals surface area contributed by atoms with Crippen LogP contribution in [0.5, 0.6) is 0 Å². The predicted molar refractivity (Wildman–Crippen MR) is 104 cm³/mol. The Morgan fingerprint density at radius 2 is 1.44 bits per heavy atom. The van der Waals surface area contributed by atoms with Crippen LogP contribution in [-0.2, 0) is 14.8 Å². The third-order valence-corrected chi connectivity index (χ3v) is 7.13. The lowest BCUT2D eigenvalue weighted by molar-refractivity contribution is -0.0586. The largest absolute Gasteiger partial charge is 0.372 e. The van der Waals surface area contributed by atoms with Crippen molar-refractivity contribution in [2.24, 2.45) is 11.8 Å². The maximum Gasteiger partial charge on any atom is 0.254 e. The van der Waals surface area contributed by atoms with E-state index in [0.717, 1.165) is 6.42 Å². The number of sulfonamides is 1. The summed E-state index contributed by atoms with van der Waals surface area (Å²) in [5.41, 5.74) is 0.510. The minimum atomic E-state index is -3.52. The molecule has 4 atom stereocenters. The van der Waals surface area contributed by atoms with E-state index in [1.165, 1.54) is 0 Å². The SMILES string of the molecule is C[C@@H]1C[C@@H](C)CN(S(=O)(=O)c2ccc(C(=O)N3C[C@@H](C)O[C@@H](C)C3)cc2)C1. The number of carbonyl (C=O) groups is 1. The standard InChI is InChI=1S/C20H30N2O4S/c1-14-9-15(2)11-22(10-14)27(24,25)19-7-5-18(6-8-19)20(23)21-12-16(3)26-17(4)13-21/h5-8,14-17H,9-13H2,1-4H3/t14-,15-,16-,17+/m1/s1. The van der Waals surface area contributed by atoms with Crippen LogP contribution in [0.15, 0.2) is 29.2 Å². The Balaban J connectivity index is 1.75. The zero-order chi connectivity index (χ0) is 19.8. The number of piperidine rings is 1. The van der Waals surface area contributed by atoms with Crippen molar-refractivity contribution in [1.82, 2.24) is 9.21 Å². The minimum Gasteiger partial charge on any atom is -0.372 e. The van der Waals surface area contributed by atoms with Gasteiger partial charge in [-0.25, -0.2) is 8.42 Å². The Kier molecular flexibility index (Phi) is 5.93. The first-order chi connectivity index (χ1) is 12.7. The van der Waals surface area contributed by atoms with Gasteiger partial charge in [-0.2, -0.15) is 4.31 Å². The molecule has 2 aliphatic heterocycles. The van der Waals surface area contributed by atoms with E-state index >= 15 is 0 Å². The van der Waals surface area contributed by atoms with Gasteiger partial charge in [0.15, 0.2) is 0 Å². The van der Waals surface area contributed by atoms with Gasteiger partial charge in [-0.3, -0.25) is 4.79 Å². The molecule has 0 unspecified atom stereocenters. The number of morpholine rings is 1. The van der Waals surface area contributed by atoms with Crippen molar-refractivity contribution in [3.05, 3.63) is 29.8 Å². The Hall–Kier alpha value is -1.44. The van der Waals surface area contributed by atoms with Crippen LogP contribution >= 0.6 is 0 Å². The van der Waals surface area contributed by atoms with Crippen molar-refractivity contribution in [3.63, 3.8) is 0 Å². The van der Waals surface area contributed by atoms with Gasteiger partial charge < -0.3 is 9.64 Å². The topological polar surface area (TPSA) is 66.9 Å². The van der Waals surface area contributed by atoms with Crippen molar-refractivity contribution in [2.45, 2.75) is 51.2 Å². The van der Waals surface area contributed by atoms with Gasteiger partial charge >= 0.3 is 0 Å². The minimum absolute atomic E-state index is 0.000400. The van der Waals surface area contributed by atoms with Gasteiger partial charge in [-0.15, -0.1) is 0 Å². The molecule has 0 radical (unpaired) electrons. The molecule has 6 nitrogen and oxygen atoms in total. The van der Waals surface area contributed by atoms with E-state index in [1.54, 1.807) is 33.5 Å². The second-order valence-corrected chi connectivity index (χ2v) is 10.2. The summed E-state index contributed by atoms with van der Waals surface area (Å²) in [5, 5.41) is 0. The van der Waals surface area contributed by atoms with E-state index in [2.05, 4.69) is 13.8 Å². The van der Waals surface area contributed by atoms with E-state index < -0.39 is 10.0 Å². The third-order valence-electron chi connectivity index (χ3n) is 5.28. The normalized spacial score (nSPS) is 30.3. The highest BCUT2D eigenvalue weighted by Crippen LogP contribution is 2.27. The highest BCUT2D eigenvalue weighted by molar-refractivity contribution is 7.89. The number of rotatable bonds is 3. The first-order valence-electron chi connectivity index (χ1n) is 9.71. The molecule has 7 heteroatoms. The lowest BCUT2D eigenvalue weighted by Gasteiger charge is -2.35. The van der Waals surface area contributed by atoms with Crippen LogP contribution in [-0.4, -0.2) is 61.9 Å². The van der Waals surface area contributed by atoms with Crippen molar-refractivity contribution >= 4 is 15.9 Å². The molecule has 0 bridgehead atoms. The molecule has 2 fully saturated rings. The Bertz CT molecular complexity index is 758. The number of carbonyl (C=O) groups excluding carboxylic acids is 1. The molecule has 1 amide bonds. The molecular weight excluding hydrogens is 364 g/mol. The van der Waals surface area contributed by atoms with Crippen LogP contribution in [0.2, 0.25) is 0 Å². The predicted octanol–water partition coefficient (Wildman–Crippen LogP) is 2.60. The molecule has 150 valence electrons. The van der Waals surface area contributed by atoms with Crippen LogP contribution in [0.25, 0.3) is 0 Å². The van der Waals surface area contributed by atoms with Gasteiger partial charge in [-0.05, 0) is 56.4 Å². The molecule has 0 N–H and O–H groups in total. The summed E-state index contributed by atoms with van der Waals surface area (Å²) in [6.07, 6.45) is 1.05. The summed E-state index contributed by atoms with van der Waals surface area (Å²) in [4.78, 5) is 14.8. The van der Waals surface area contributed by atoms with Gasteiger partial charge in [0.2, 0.25) is 10.0 Å². The van der Waals surface area contributed by atoms with Crippen molar-refractivity contribution in [3.8, 4) is 0 Å². The van der Waals surface area contributed by atoms with Crippen molar-refractivity contribution < 1.29 is 17.9 Å². The summed E-state index contributed by atoms with van der Waals surface area (Å²) >= 11 is 0. The first kappa shape index (κ1) is 20.3. The van der Waals surface area contributed by atoms with Crippen LogP contribution in [0.1, 0.15) is 44.5 Å². The second-order valence-electron chi connectivity index (χ2n) is 8.26. The van der Waals surface area contributed by atoms with E-state index in [4.69, 9.17) is 4.74 Å². The van der Waals surface area contributed by atoms with E-state index in [1.807, 2.05) is 13.8 Å². The molecule has 0 spiro atoms. The van der Waals surface area contributed by atoms with Crippen LogP contribution in [0.4, 0.5) is 0 Å². The average molecular weight is 395 g/mol. The fourth-order valence-electron chi connectivity index (χ4n) is 4.25. The molecule has 0 aromatic heterocycles. The van der Waals surface area contributed by atoms with E-state index in [-0.39, 0.29) is 23.0 Å². The molecule has 1 aromatic carbocycles. The Labute approximate surface area is 162 Å². The smallest absolute Gasteiger partial charge is 0.254 e. The fourth-order valence-corrected chi connectivity index (χ4v) is 5.93. The monoisotopic (exact) mass is 394 g/mol. The lowest BCUT2D eigenvalue weighted by atomic mass is 9.94. The van der Waals surface area contributed by atoms with Crippen molar-refractivity contribution in [2.75, 3.05) is 26.2 Å². The zero-order valence-electron chi connectivity index (χ0n) is 16.6. The van der Waals surface area contributed by atoms with Gasteiger partial charge in [0.25, 0.3) is 5.91 Å². The Morgan fingerprint density at radius 3 is 1.96 bits per heavy atom. The average Bonchev–Trinajstić information content (AvgIpc) is 2.59. The van der Waals surface area contributed by atoms with Gasteiger partial charge in [-0.1, -0.05) is 13.8 Å². The third kappa shape index (κ3) is 4.52. The first-order valence-corrected chi connectivity index (χ1v) is 11.2. The van der Waals surface area contributed by atoms with Gasteiger partial charge in [0.05, 0.1) is 17.1 Å². The number of hydrogen-bond donors (Lipinski definition) is 0. The van der Waals surface area contributed by atoms with E-state index in [0.29, 0.717) is 43.6 Å². The zero-order valence-corrected chi connectivity index (χ0v) is 17.4. The summed E-state index contributed by atoms with van der Waals surface area (Å²) in [6.45, 7) is 10.3. The molecule has 3 rings (SSSR count). The maximum atomic E-state index is 13.0. The molecule has 2 heterocycles. The molecular formula is C20H30N2O4S. The summed E-state index contributed by atoms with van der Waals surface area (Å²) < 4.78 is 33.2. The van der Waals surface area contributed by atoms with Crippen molar-refractivity contribution in [1.29, 1.82) is 0 Å². The summed E-state index contributed by atoms with van der Waals surface area (Å²) in [6, 6.07) is 6.35. The fraction of sp³-hybridized carbons (Fsp3) is 0.650. The molecule has 1 aromatic rings. The van der Waals surface area contributed by atoms with Gasteiger partial charge in [0.1, 0.15) is 0 Å². The molecule has 2 aliphatic rings. The summed E-state index contributed by atoms with van der Waals surface area (Å²) in [5.74, 6) is 0.630. The number of benzene rings is 1. The second kappa shape index (κ2) is 7.89. The van der Waals surface area contributed by atoms with Crippen LogP contribution in [0, 0.1) is 11.8 Å². The highest BCUT2D eigenvalue weighted by Gasteiger charge is 2.32. The highest BCUT2D eigenvalue weighted by atomic mass is 32.2. The van der Waals surface area contributed by atoms with Gasteiger partial charge in [0, 0.05) is 31.7 Å². The molecule has 2 saturated heterocycles. The number of amides is 1. The number of ether oxygens (including phenoxy) is 1. The quantitative estimate of drug-likeness (QED) is 0.790. The lowest BCUT2D eigenvalue weighted by Crippen LogP contribution is -2.48. The van der Waals surface area contributed by atoms with Crippen LogP contribution in [0.3, 0.4) is 0 Å². The molecule has 27 heavy (non-hydrogen) atoms. The molecule has 0 saturated carbocycles. The molecule has 0 aliphatic carbocycles. The van der Waals surface area contributed by atoms with E-state index in [9.17, 15) is 13.2 Å². The Morgan fingerprint density at radius 1 is 0.926 bits per heavy atom. The maximum absolute atomic E-state index is 13.0. The number of nitrogens with zero attached hydrogens (tertiary/aromatic N) is 2. The summed E-state index contributed by atoms with van der Waals surface area (Å²) in [7, 11) is -3.52.